The van der Waals surface area contributed by atoms with Gasteiger partial charge in [0.1, 0.15) is 0 Å². The summed E-state index contributed by atoms with van der Waals surface area (Å²) >= 11 is 0. The summed E-state index contributed by atoms with van der Waals surface area (Å²) in [5.41, 5.74) is 1.59. The van der Waals surface area contributed by atoms with Crippen LogP contribution in [0.2, 0.25) is 0 Å². The predicted octanol–water partition coefficient (Wildman–Crippen LogP) is 5.06. The second-order valence-corrected chi connectivity index (χ2v) is 10.0. The zero-order valence-corrected chi connectivity index (χ0v) is 17.1. The molecule has 0 radical (unpaired) electrons. The number of hydrogen-bond donors (Lipinski definition) is 0. The number of methoxy groups -OCH3 is 1. The van der Waals surface area contributed by atoms with Crippen LogP contribution in [-0.2, 0) is 14.3 Å². The van der Waals surface area contributed by atoms with Crippen LogP contribution in [0.25, 0.3) is 0 Å². The lowest BCUT2D eigenvalue weighted by Gasteiger charge is -2.58. The van der Waals surface area contributed by atoms with Crippen LogP contribution in [0.5, 0.6) is 0 Å². The van der Waals surface area contributed by atoms with Crippen LogP contribution in [0.15, 0.2) is 23.8 Å². The predicted molar refractivity (Wildman–Crippen MR) is 105 cm³/mol. The van der Waals surface area contributed by atoms with E-state index in [9.17, 15) is 4.79 Å². The van der Waals surface area contributed by atoms with Crippen molar-refractivity contribution in [1.29, 1.82) is 0 Å². The van der Waals surface area contributed by atoms with Crippen molar-refractivity contribution >= 4 is 5.78 Å². The smallest absolute Gasteiger partial charge is 0.177 e. The molecule has 1 aliphatic heterocycles. The standard InChI is InChI=1S/C24H34O3/c1-4-15-13-16-14-17(25)5-6-18(16)19-7-10-23(2)20(22(15)19)8-11-24(23)12-9-21(26-3)27-24/h9,12,14-15,18-22H,4-8,10-11,13H2,1-3H3/t15-,18+,19?,20?,21?,22?,23+,24-/m1/s1. The number of rotatable bonds is 2. The van der Waals surface area contributed by atoms with Crippen LogP contribution in [0.4, 0.5) is 0 Å². The van der Waals surface area contributed by atoms with Crippen molar-refractivity contribution in [2.45, 2.75) is 77.1 Å². The summed E-state index contributed by atoms with van der Waals surface area (Å²) in [4.78, 5) is 12.0. The first-order chi connectivity index (χ1) is 13.0. The van der Waals surface area contributed by atoms with E-state index in [1.807, 2.05) is 6.08 Å². The van der Waals surface area contributed by atoms with E-state index in [1.165, 1.54) is 31.3 Å². The summed E-state index contributed by atoms with van der Waals surface area (Å²) in [5.74, 6) is 4.07. The minimum absolute atomic E-state index is 0.125. The van der Waals surface area contributed by atoms with Crippen LogP contribution in [0.3, 0.4) is 0 Å². The zero-order valence-electron chi connectivity index (χ0n) is 17.1. The molecule has 1 heterocycles. The Morgan fingerprint density at radius 2 is 2.11 bits per heavy atom. The lowest BCUT2D eigenvalue weighted by atomic mass is 9.48. The van der Waals surface area contributed by atoms with E-state index in [-0.39, 0.29) is 17.3 Å². The topological polar surface area (TPSA) is 35.5 Å². The first-order valence-corrected chi connectivity index (χ1v) is 11.1. The number of fused-ring (bicyclic) bond motifs is 6. The Balaban J connectivity index is 1.49. The molecule has 0 aromatic rings. The fourth-order valence-corrected chi connectivity index (χ4v) is 7.94. The van der Waals surface area contributed by atoms with E-state index in [0.717, 1.165) is 49.4 Å². The molecule has 0 aromatic heterocycles. The highest BCUT2D eigenvalue weighted by Gasteiger charge is 2.65. The highest BCUT2D eigenvalue weighted by molar-refractivity contribution is 5.91. The van der Waals surface area contributed by atoms with Gasteiger partial charge in [0.2, 0.25) is 0 Å². The first-order valence-electron chi connectivity index (χ1n) is 11.1. The van der Waals surface area contributed by atoms with Gasteiger partial charge in [-0.3, -0.25) is 4.79 Å². The van der Waals surface area contributed by atoms with Crippen LogP contribution in [0.1, 0.15) is 65.2 Å². The zero-order chi connectivity index (χ0) is 18.8. The van der Waals surface area contributed by atoms with Crippen molar-refractivity contribution in [1.82, 2.24) is 0 Å². The maximum Gasteiger partial charge on any atom is 0.177 e. The molecule has 0 saturated heterocycles. The van der Waals surface area contributed by atoms with Crippen molar-refractivity contribution in [3.8, 4) is 0 Å². The van der Waals surface area contributed by atoms with Crippen LogP contribution >= 0.6 is 0 Å². The second kappa shape index (κ2) is 6.29. The Bertz CT molecular complexity index is 694. The minimum Gasteiger partial charge on any atom is -0.352 e. The Labute approximate surface area is 163 Å². The maximum absolute atomic E-state index is 12.0. The van der Waals surface area contributed by atoms with Crippen molar-refractivity contribution in [3.63, 3.8) is 0 Å². The second-order valence-electron chi connectivity index (χ2n) is 10.0. The first kappa shape index (κ1) is 18.1. The summed E-state index contributed by atoms with van der Waals surface area (Å²) in [6.07, 6.45) is 15.5. The number of ketones is 1. The lowest BCUT2D eigenvalue weighted by Crippen LogP contribution is -2.54. The Kier molecular flexibility index (Phi) is 4.22. The summed E-state index contributed by atoms with van der Waals surface area (Å²) in [6.45, 7) is 4.86. The van der Waals surface area contributed by atoms with Gasteiger partial charge in [-0.2, -0.15) is 0 Å². The molecule has 0 N–H and O–H groups in total. The van der Waals surface area contributed by atoms with Gasteiger partial charge in [-0.05, 0) is 80.3 Å². The summed E-state index contributed by atoms with van der Waals surface area (Å²) in [5, 5.41) is 0. The highest BCUT2D eigenvalue weighted by atomic mass is 16.7. The lowest BCUT2D eigenvalue weighted by molar-refractivity contribution is -0.193. The molecule has 4 unspecified atom stereocenters. The highest BCUT2D eigenvalue weighted by Crippen LogP contribution is 2.68. The average Bonchev–Trinajstić information content (AvgIpc) is 3.23. The van der Waals surface area contributed by atoms with Gasteiger partial charge in [-0.15, -0.1) is 0 Å². The molecule has 4 aliphatic carbocycles. The van der Waals surface area contributed by atoms with Gasteiger partial charge >= 0.3 is 0 Å². The molecule has 5 aliphatic rings. The van der Waals surface area contributed by atoms with Gasteiger partial charge in [0.05, 0.1) is 5.60 Å². The largest absolute Gasteiger partial charge is 0.352 e. The number of hydrogen-bond acceptors (Lipinski definition) is 3. The molecule has 0 amide bonds. The molecular weight excluding hydrogens is 336 g/mol. The molecule has 3 saturated carbocycles. The van der Waals surface area contributed by atoms with Crippen molar-refractivity contribution in [2.75, 3.05) is 7.11 Å². The van der Waals surface area contributed by atoms with Gasteiger partial charge in [-0.25, -0.2) is 0 Å². The molecule has 0 bridgehead atoms. The third-order valence-corrected chi connectivity index (χ3v) is 9.26. The Hall–Kier alpha value is -0.930. The Morgan fingerprint density at radius 1 is 1.26 bits per heavy atom. The number of carbonyl (C=O) groups excluding carboxylic acids is 1. The SMILES string of the molecule is CC[C@@H]1CC2=CC(=O)CC[C@@H]2C2CC[C@@]3(C)C(CC[C@@]34C=CC(OC)O4)C21. The van der Waals surface area contributed by atoms with Gasteiger partial charge in [0.25, 0.3) is 0 Å². The number of ether oxygens (including phenoxy) is 2. The molecular formula is C24H34O3. The monoisotopic (exact) mass is 370 g/mol. The third kappa shape index (κ3) is 2.43. The molecule has 3 fully saturated rings. The molecule has 27 heavy (non-hydrogen) atoms. The van der Waals surface area contributed by atoms with Gasteiger partial charge in [0.15, 0.2) is 12.1 Å². The fourth-order valence-electron chi connectivity index (χ4n) is 7.94. The van der Waals surface area contributed by atoms with Gasteiger partial charge in [-0.1, -0.05) is 31.9 Å². The molecule has 5 rings (SSSR count). The van der Waals surface area contributed by atoms with E-state index >= 15 is 0 Å². The van der Waals surface area contributed by atoms with E-state index < -0.39 is 0 Å². The van der Waals surface area contributed by atoms with Crippen molar-refractivity contribution in [3.05, 3.63) is 23.8 Å². The van der Waals surface area contributed by atoms with Crippen molar-refractivity contribution in [2.24, 2.45) is 35.0 Å². The number of allylic oxidation sites excluding steroid dienone is 1. The van der Waals surface area contributed by atoms with E-state index in [4.69, 9.17) is 9.47 Å². The maximum atomic E-state index is 12.0. The normalized spacial score (nSPS) is 51.1. The van der Waals surface area contributed by atoms with Crippen LogP contribution < -0.4 is 0 Å². The molecule has 1 spiro atoms. The Morgan fingerprint density at radius 3 is 2.85 bits per heavy atom. The van der Waals surface area contributed by atoms with Crippen LogP contribution in [-0.4, -0.2) is 24.8 Å². The number of carbonyl (C=O) groups is 1. The van der Waals surface area contributed by atoms with Crippen molar-refractivity contribution < 1.29 is 14.3 Å². The summed E-state index contributed by atoms with van der Waals surface area (Å²) in [6, 6.07) is 0. The van der Waals surface area contributed by atoms with E-state index in [2.05, 4.69) is 26.0 Å². The average molecular weight is 371 g/mol. The van der Waals surface area contributed by atoms with Crippen LogP contribution in [0, 0.1) is 35.0 Å². The van der Waals surface area contributed by atoms with Gasteiger partial charge < -0.3 is 9.47 Å². The minimum atomic E-state index is -0.175. The third-order valence-electron chi connectivity index (χ3n) is 9.26. The molecule has 148 valence electrons. The summed E-state index contributed by atoms with van der Waals surface area (Å²) < 4.78 is 12.0. The summed E-state index contributed by atoms with van der Waals surface area (Å²) in [7, 11) is 1.74. The van der Waals surface area contributed by atoms with Gasteiger partial charge in [0, 0.05) is 18.9 Å². The quantitative estimate of drug-likeness (QED) is 0.637. The molecule has 3 heteroatoms. The molecule has 0 aromatic carbocycles. The molecule has 8 atom stereocenters. The fraction of sp³-hybridized carbons (Fsp3) is 0.792. The van der Waals surface area contributed by atoms with E-state index in [0.29, 0.717) is 11.7 Å². The molecule has 3 nitrogen and oxygen atoms in total. The van der Waals surface area contributed by atoms with E-state index in [1.54, 1.807) is 7.11 Å².